The van der Waals surface area contributed by atoms with Gasteiger partial charge in [-0.05, 0) is 60.6 Å². The smallest absolute Gasteiger partial charge is 0.345 e. The molecule has 5 nitrogen and oxygen atoms in total. The van der Waals surface area contributed by atoms with Gasteiger partial charge in [0.05, 0.1) is 33.0 Å². The highest BCUT2D eigenvalue weighted by Gasteiger charge is 2.39. The third-order valence-electron chi connectivity index (χ3n) is 6.95. The summed E-state index contributed by atoms with van der Waals surface area (Å²) in [4.78, 5) is 24.3. The van der Waals surface area contributed by atoms with Crippen LogP contribution in [-0.4, -0.2) is 51.9 Å². The molecule has 0 bridgehead atoms. The number of nitrogens with zero attached hydrogens (tertiary/aromatic N) is 3. The molecule has 5 rings (SSSR count). The Bertz CT molecular complexity index is 1510. The molecule has 1 aliphatic rings. The van der Waals surface area contributed by atoms with Crippen LogP contribution in [0.3, 0.4) is 0 Å². The lowest BCUT2D eigenvalue weighted by Gasteiger charge is -2.29. The van der Waals surface area contributed by atoms with Crippen molar-refractivity contribution in [1.29, 1.82) is 0 Å². The Hall–Kier alpha value is -3.14. The third kappa shape index (κ3) is 5.23. The van der Waals surface area contributed by atoms with E-state index in [0.29, 0.717) is 34.3 Å². The highest BCUT2D eigenvalue weighted by atomic mass is 35.5. The molecule has 2 heterocycles. The maximum Gasteiger partial charge on any atom is 0.419 e. The van der Waals surface area contributed by atoms with E-state index in [1.807, 2.05) is 11.0 Å². The summed E-state index contributed by atoms with van der Waals surface area (Å²) < 4.78 is 53.2. The summed E-state index contributed by atoms with van der Waals surface area (Å²) in [6.07, 6.45) is -3.21. The van der Waals surface area contributed by atoms with E-state index in [9.17, 15) is 22.4 Å². The molecular weight excluding hydrogens is 543 g/mol. The number of nitrogens with one attached hydrogen (secondary N) is 1. The zero-order chi connectivity index (χ0) is 27.2. The molecule has 0 spiro atoms. The molecule has 0 saturated carbocycles. The molecule has 1 amide bonds. The summed E-state index contributed by atoms with van der Waals surface area (Å²) >= 11 is 12.4. The van der Waals surface area contributed by atoms with E-state index >= 15 is 0 Å². The predicted molar refractivity (Wildman–Crippen MR) is 138 cm³/mol. The van der Waals surface area contributed by atoms with Crippen molar-refractivity contribution in [2.75, 3.05) is 20.1 Å². The zero-order valence-corrected chi connectivity index (χ0v) is 21.6. The normalized spacial score (nSPS) is 18.1. The number of H-pyrrole nitrogens is 1. The predicted octanol–water partition coefficient (Wildman–Crippen LogP) is 6.77. The molecule has 1 fully saturated rings. The fourth-order valence-electron chi connectivity index (χ4n) is 5.01. The quantitative estimate of drug-likeness (QED) is 0.272. The number of amides is 1. The highest BCUT2D eigenvalue weighted by Crippen LogP contribution is 2.36. The minimum atomic E-state index is -4.76. The summed E-state index contributed by atoms with van der Waals surface area (Å²) in [6, 6.07) is 13.3. The van der Waals surface area contributed by atoms with Crippen LogP contribution in [0.2, 0.25) is 10.0 Å². The maximum absolute atomic E-state index is 14.2. The molecule has 1 aliphatic heterocycles. The van der Waals surface area contributed by atoms with Gasteiger partial charge in [0.2, 0.25) is 0 Å². The zero-order valence-electron chi connectivity index (χ0n) is 20.1. The first-order chi connectivity index (χ1) is 18.0. The van der Waals surface area contributed by atoms with Crippen molar-refractivity contribution < 1.29 is 22.4 Å². The Morgan fingerprint density at radius 1 is 1.08 bits per heavy atom. The van der Waals surface area contributed by atoms with Crippen LogP contribution in [0.15, 0.2) is 60.9 Å². The standard InChI is InChI=1S/C27H22Cl2F4N4O/c1-36(11-15-2-5-19(22(30)8-15)27(31,32)33)25-13-37(12-18(25)16-3-6-20(28)21(29)9-16)26(38)17-4-7-23-24(10-17)35-14-34-23/h2-10,14,18,25H,11-13H2,1H3,(H,34,35)/t18-,25-/m1/s1. The van der Waals surface area contributed by atoms with Crippen LogP contribution < -0.4 is 0 Å². The molecule has 0 radical (unpaired) electrons. The molecule has 3 aromatic carbocycles. The summed E-state index contributed by atoms with van der Waals surface area (Å²) in [5, 5.41) is 0.782. The van der Waals surface area contributed by atoms with Gasteiger partial charge in [0.25, 0.3) is 5.91 Å². The van der Waals surface area contributed by atoms with Gasteiger partial charge in [0.1, 0.15) is 5.82 Å². The van der Waals surface area contributed by atoms with Crippen LogP contribution in [0.4, 0.5) is 17.6 Å². The first-order valence-electron chi connectivity index (χ1n) is 11.7. The van der Waals surface area contributed by atoms with Crippen molar-refractivity contribution in [2.24, 2.45) is 0 Å². The average molecular weight is 565 g/mol. The lowest BCUT2D eigenvalue weighted by Crippen LogP contribution is -2.38. The number of aromatic nitrogens is 2. The van der Waals surface area contributed by atoms with E-state index in [4.69, 9.17) is 23.2 Å². The van der Waals surface area contributed by atoms with Gasteiger partial charge in [-0.3, -0.25) is 9.69 Å². The number of fused-ring (bicyclic) bond motifs is 1. The number of carbonyl (C=O) groups is 1. The Balaban J connectivity index is 1.42. The number of carbonyl (C=O) groups excluding carboxylic acids is 1. The van der Waals surface area contributed by atoms with Gasteiger partial charge in [-0.15, -0.1) is 0 Å². The first kappa shape index (κ1) is 26.5. The molecule has 1 aromatic heterocycles. The first-order valence-corrected chi connectivity index (χ1v) is 12.5. The van der Waals surface area contributed by atoms with Crippen LogP contribution in [0.1, 0.15) is 33.0 Å². The number of rotatable bonds is 5. The van der Waals surface area contributed by atoms with Gasteiger partial charge in [0, 0.05) is 37.2 Å². The molecule has 4 aromatic rings. The highest BCUT2D eigenvalue weighted by molar-refractivity contribution is 6.42. The van der Waals surface area contributed by atoms with Gasteiger partial charge in [0.15, 0.2) is 0 Å². The molecule has 198 valence electrons. The minimum Gasteiger partial charge on any atom is -0.345 e. The summed E-state index contributed by atoms with van der Waals surface area (Å²) in [7, 11) is 1.80. The lowest BCUT2D eigenvalue weighted by molar-refractivity contribution is -0.140. The van der Waals surface area contributed by atoms with Gasteiger partial charge < -0.3 is 9.88 Å². The number of likely N-dealkylation sites (N-methyl/N-ethyl adjacent to an activating group) is 1. The minimum absolute atomic E-state index is 0.164. The fourth-order valence-corrected chi connectivity index (χ4v) is 5.32. The number of hydrogen-bond acceptors (Lipinski definition) is 3. The molecular formula is C27H22Cl2F4N4O. The molecule has 0 unspecified atom stereocenters. The van der Waals surface area contributed by atoms with E-state index in [0.717, 1.165) is 28.7 Å². The topological polar surface area (TPSA) is 52.2 Å². The molecule has 11 heteroatoms. The largest absolute Gasteiger partial charge is 0.419 e. The molecule has 0 aliphatic carbocycles. The van der Waals surface area contributed by atoms with Crippen LogP contribution >= 0.6 is 23.2 Å². The van der Waals surface area contributed by atoms with Crippen molar-refractivity contribution in [1.82, 2.24) is 19.8 Å². The molecule has 38 heavy (non-hydrogen) atoms. The number of halogens is 6. The van der Waals surface area contributed by atoms with E-state index < -0.39 is 17.6 Å². The lowest BCUT2D eigenvalue weighted by atomic mass is 9.93. The van der Waals surface area contributed by atoms with Crippen molar-refractivity contribution in [2.45, 2.75) is 24.7 Å². The second-order valence-electron chi connectivity index (χ2n) is 9.42. The number of likely N-dealkylation sites (tertiary alicyclic amines) is 1. The van der Waals surface area contributed by atoms with E-state index in [-0.39, 0.29) is 24.4 Å². The Kier molecular flexibility index (Phi) is 7.11. The summed E-state index contributed by atoms with van der Waals surface area (Å²) in [6.45, 7) is 0.915. The molecule has 1 saturated heterocycles. The second kappa shape index (κ2) is 10.2. The van der Waals surface area contributed by atoms with Gasteiger partial charge in [-0.25, -0.2) is 9.37 Å². The number of aromatic amines is 1. The van der Waals surface area contributed by atoms with Crippen LogP contribution in [0, 0.1) is 5.82 Å². The van der Waals surface area contributed by atoms with E-state index in [1.54, 1.807) is 48.6 Å². The fraction of sp³-hybridized carbons (Fsp3) is 0.259. The second-order valence-corrected chi connectivity index (χ2v) is 10.2. The van der Waals surface area contributed by atoms with E-state index in [2.05, 4.69) is 9.97 Å². The van der Waals surface area contributed by atoms with Crippen LogP contribution in [0.5, 0.6) is 0 Å². The molecule has 2 atom stereocenters. The van der Waals surface area contributed by atoms with Crippen molar-refractivity contribution in [3.8, 4) is 0 Å². The molecule has 1 N–H and O–H groups in total. The van der Waals surface area contributed by atoms with Gasteiger partial charge in [-0.2, -0.15) is 13.2 Å². The van der Waals surface area contributed by atoms with Crippen LogP contribution in [-0.2, 0) is 12.7 Å². The Labute approximate surface area is 226 Å². The SMILES string of the molecule is CN(Cc1ccc(C(F)(F)F)c(F)c1)[C@@H]1CN(C(=O)c2ccc3nc[nH]c3c2)C[C@@H]1c1ccc(Cl)c(Cl)c1. The maximum atomic E-state index is 14.2. The van der Waals surface area contributed by atoms with Gasteiger partial charge >= 0.3 is 6.18 Å². The average Bonchev–Trinajstić information content (AvgIpc) is 3.51. The summed E-state index contributed by atoms with van der Waals surface area (Å²) in [5.74, 6) is -1.65. The number of benzene rings is 3. The van der Waals surface area contributed by atoms with Crippen molar-refractivity contribution in [3.63, 3.8) is 0 Å². The third-order valence-corrected chi connectivity index (χ3v) is 7.69. The Morgan fingerprint density at radius 2 is 1.87 bits per heavy atom. The number of hydrogen-bond donors (Lipinski definition) is 1. The summed E-state index contributed by atoms with van der Waals surface area (Å²) in [5.41, 5.74) is 1.95. The number of alkyl halides is 3. The van der Waals surface area contributed by atoms with Crippen molar-refractivity contribution >= 4 is 40.1 Å². The number of imidazole rings is 1. The van der Waals surface area contributed by atoms with Crippen LogP contribution in [0.25, 0.3) is 11.0 Å². The Morgan fingerprint density at radius 3 is 2.58 bits per heavy atom. The van der Waals surface area contributed by atoms with E-state index in [1.165, 1.54) is 6.07 Å². The van der Waals surface area contributed by atoms with Gasteiger partial charge in [-0.1, -0.05) is 35.3 Å². The monoisotopic (exact) mass is 564 g/mol. The van der Waals surface area contributed by atoms with Crippen molar-refractivity contribution in [3.05, 3.63) is 99.0 Å².